The number of methoxy groups -OCH3 is 1. The van der Waals surface area contributed by atoms with Crippen LogP contribution in [0.25, 0.3) is 0 Å². The summed E-state index contributed by atoms with van der Waals surface area (Å²) in [5.74, 6) is 1.19. The predicted molar refractivity (Wildman–Crippen MR) is 82.1 cm³/mol. The zero-order valence-electron chi connectivity index (χ0n) is 13.2. The van der Waals surface area contributed by atoms with Gasteiger partial charge in [0.05, 0.1) is 12.8 Å². The van der Waals surface area contributed by atoms with Crippen LogP contribution in [0.1, 0.15) is 36.1 Å². The Balaban J connectivity index is 1.96. The van der Waals surface area contributed by atoms with Crippen LogP contribution in [0.3, 0.4) is 0 Å². The van der Waals surface area contributed by atoms with E-state index in [-0.39, 0.29) is 5.91 Å². The Labute approximate surface area is 126 Å². The summed E-state index contributed by atoms with van der Waals surface area (Å²) in [6.07, 6.45) is 4.46. The lowest BCUT2D eigenvalue weighted by Gasteiger charge is -2.31. The molecule has 1 aromatic rings. The second-order valence-corrected chi connectivity index (χ2v) is 5.94. The first-order chi connectivity index (χ1) is 10.0. The van der Waals surface area contributed by atoms with Crippen molar-refractivity contribution in [2.75, 3.05) is 20.2 Å². The van der Waals surface area contributed by atoms with Gasteiger partial charge in [0.2, 0.25) is 5.91 Å². The molecule has 0 radical (unpaired) electrons. The average molecular weight is 291 g/mol. The van der Waals surface area contributed by atoms with E-state index < -0.39 is 0 Å². The Kier molecular flexibility index (Phi) is 5.17. The van der Waals surface area contributed by atoms with Gasteiger partial charge in [-0.2, -0.15) is 0 Å². The fraction of sp³-hybridized carbons (Fsp3) is 0.625. The van der Waals surface area contributed by atoms with Gasteiger partial charge in [-0.25, -0.2) is 0 Å². The van der Waals surface area contributed by atoms with Crippen LogP contribution >= 0.6 is 0 Å². The van der Waals surface area contributed by atoms with E-state index in [0.29, 0.717) is 12.3 Å². The summed E-state index contributed by atoms with van der Waals surface area (Å²) in [5.41, 5.74) is 8.54. The number of likely N-dealkylation sites (tertiary alicyclic amines) is 1. The largest absolute Gasteiger partial charge is 0.496 e. The van der Waals surface area contributed by atoms with Crippen molar-refractivity contribution in [3.05, 3.63) is 23.0 Å². The maximum absolute atomic E-state index is 11.0. The molecule has 1 aromatic heterocycles. The minimum atomic E-state index is -0.186. The van der Waals surface area contributed by atoms with Crippen molar-refractivity contribution in [2.24, 2.45) is 11.7 Å². The molecule has 116 valence electrons. The molecule has 0 saturated carbocycles. The van der Waals surface area contributed by atoms with Gasteiger partial charge in [-0.05, 0) is 45.7 Å². The third kappa shape index (κ3) is 3.94. The summed E-state index contributed by atoms with van der Waals surface area (Å²) in [5, 5.41) is 0. The SMILES string of the molecule is COc1c(C)cnc(CN2CCC(CC(N)=O)CC2)c1C. The van der Waals surface area contributed by atoms with Gasteiger partial charge in [-0.15, -0.1) is 0 Å². The lowest BCUT2D eigenvalue weighted by Crippen LogP contribution is -2.35. The molecule has 1 saturated heterocycles. The molecule has 21 heavy (non-hydrogen) atoms. The zero-order valence-corrected chi connectivity index (χ0v) is 13.2. The van der Waals surface area contributed by atoms with Crippen LogP contribution in [-0.4, -0.2) is 36.0 Å². The van der Waals surface area contributed by atoms with Crippen molar-refractivity contribution in [1.29, 1.82) is 0 Å². The van der Waals surface area contributed by atoms with Gasteiger partial charge in [0.1, 0.15) is 5.75 Å². The molecule has 1 aliphatic heterocycles. The fourth-order valence-corrected chi connectivity index (χ4v) is 3.08. The van der Waals surface area contributed by atoms with Gasteiger partial charge in [0.15, 0.2) is 0 Å². The monoisotopic (exact) mass is 291 g/mol. The molecule has 0 spiro atoms. The zero-order chi connectivity index (χ0) is 15.4. The molecule has 0 atom stereocenters. The molecule has 2 N–H and O–H groups in total. The van der Waals surface area contributed by atoms with E-state index in [2.05, 4.69) is 16.8 Å². The predicted octanol–water partition coefficient (Wildman–Crippen LogP) is 1.79. The first-order valence-corrected chi connectivity index (χ1v) is 7.51. The lowest BCUT2D eigenvalue weighted by molar-refractivity contribution is -0.119. The number of carbonyl (C=O) groups is 1. The first-order valence-electron chi connectivity index (χ1n) is 7.51. The smallest absolute Gasteiger partial charge is 0.217 e. The number of nitrogens with two attached hydrogens (primary N) is 1. The van der Waals surface area contributed by atoms with Crippen LogP contribution in [0.2, 0.25) is 0 Å². The molecule has 2 heterocycles. The summed E-state index contributed by atoms with van der Waals surface area (Å²) in [6.45, 7) is 6.90. The maximum atomic E-state index is 11.0. The number of ether oxygens (including phenoxy) is 1. The highest BCUT2D eigenvalue weighted by atomic mass is 16.5. The number of carbonyl (C=O) groups excluding carboxylic acids is 1. The number of pyridine rings is 1. The highest BCUT2D eigenvalue weighted by molar-refractivity contribution is 5.73. The van der Waals surface area contributed by atoms with E-state index in [1.165, 1.54) is 0 Å². The van der Waals surface area contributed by atoms with Gasteiger partial charge in [0, 0.05) is 30.3 Å². The summed E-state index contributed by atoms with van der Waals surface area (Å²) in [4.78, 5) is 17.9. The van der Waals surface area contributed by atoms with Crippen molar-refractivity contribution in [3.8, 4) is 5.75 Å². The average Bonchev–Trinajstić information content (AvgIpc) is 2.44. The molecule has 2 rings (SSSR count). The number of hydrogen-bond donors (Lipinski definition) is 1. The topological polar surface area (TPSA) is 68.4 Å². The van der Waals surface area contributed by atoms with Crippen LogP contribution in [-0.2, 0) is 11.3 Å². The summed E-state index contributed by atoms with van der Waals surface area (Å²) >= 11 is 0. The van der Waals surface area contributed by atoms with E-state index in [1.807, 2.05) is 13.1 Å². The number of primary amides is 1. The summed E-state index contributed by atoms with van der Waals surface area (Å²) < 4.78 is 5.46. The lowest BCUT2D eigenvalue weighted by atomic mass is 9.93. The maximum Gasteiger partial charge on any atom is 0.217 e. The third-order valence-corrected chi connectivity index (χ3v) is 4.32. The van der Waals surface area contributed by atoms with E-state index in [4.69, 9.17) is 10.5 Å². The standard InChI is InChI=1S/C16H25N3O2/c1-11-9-18-14(12(2)16(11)21-3)10-19-6-4-13(5-7-19)8-15(17)20/h9,13H,4-8,10H2,1-3H3,(H2,17,20). The second-order valence-electron chi connectivity index (χ2n) is 5.94. The number of aromatic nitrogens is 1. The molecule has 0 bridgehead atoms. The number of rotatable bonds is 5. The molecule has 5 heteroatoms. The number of hydrogen-bond acceptors (Lipinski definition) is 4. The van der Waals surface area contributed by atoms with Gasteiger partial charge in [-0.3, -0.25) is 14.7 Å². The van der Waals surface area contributed by atoms with Crippen molar-refractivity contribution in [2.45, 2.75) is 39.7 Å². The van der Waals surface area contributed by atoms with Gasteiger partial charge < -0.3 is 10.5 Å². The quantitative estimate of drug-likeness (QED) is 0.898. The van der Waals surface area contributed by atoms with Crippen molar-refractivity contribution < 1.29 is 9.53 Å². The van der Waals surface area contributed by atoms with Crippen LogP contribution < -0.4 is 10.5 Å². The van der Waals surface area contributed by atoms with E-state index in [0.717, 1.165) is 55.0 Å². The number of nitrogens with zero attached hydrogens (tertiary/aromatic N) is 2. The molecular formula is C16H25N3O2. The molecule has 5 nitrogen and oxygen atoms in total. The van der Waals surface area contributed by atoms with Crippen LogP contribution in [0.15, 0.2) is 6.20 Å². The Hall–Kier alpha value is -1.62. The van der Waals surface area contributed by atoms with Crippen molar-refractivity contribution >= 4 is 5.91 Å². The molecular weight excluding hydrogens is 266 g/mol. The summed E-state index contributed by atoms with van der Waals surface area (Å²) in [7, 11) is 1.70. The molecule has 0 aromatic carbocycles. The molecule has 0 aliphatic carbocycles. The number of piperidine rings is 1. The minimum Gasteiger partial charge on any atom is -0.496 e. The minimum absolute atomic E-state index is 0.186. The fourth-order valence-electron chi connectivity index (χ4n) is 3.08. The van der Waals surface area contributed by atoms with Crippen LogP contribution in [0, 0.1) is 19.8 Å². The Bertz CT molecular complexity index is 508. The number of amides is 1. The van der Waals surface area contributed by atoms with Crippen molar-refractivity contribution in [3.63, 3.8) is 0 Å². The summed E-state index contributed by atoms with van der Waals surface area (Å²) in [6, 6.07) is 0. The van der Waals surface area contributed by atoms with Gasteiger partial charge in [0.25, 0.3) is 0 Å². The van der Waals surface area contributed by atoms with Gasteiger partial charge in [-0.1, -0.05) is 0 Å². The molecule has 0 unspecified atom stereocenters. The van der Waals surface area contributed by atoms with Crippen molar-refractivity contribution in [1.82, 2.24) is 9.88 Å². The van der Waals surface area contributed by atoms with E-state index in [1.54, 1.807) is 7.11 Å². The molecule has 1 amide bonds. The van der Waals surface area contributed by atoms with E-state index >= 15 is 0 Å². The third-order valence-electron chi connectivity index (χ3n) is 4.32. The first kappa shape index (κ1) is 15.8. The molecule has 1 fully saturated rings. The number of aryl methyl sites for hydroxylation is 1. The van der Waals surface area contributed by atoms with Crippen LogP contribution in [0.5, 0.6) is 5.75 Å². The highest BCUT2D eigenvalue weighted by Crippen LogP contribution is 2.26. The van der Waals surface area contributed by atoms with E-state index in [9.17, 15) is 4.79 Å². The Morgan fingerprint density at radius 2 is 2.10 bits per heavy atom. The highest BCUT2D eigenvalue weighted by Gasteiger charge is 2.22. The van der Waals surface area contributed by atoms with Gasteiger partial charge >= 0.3 is 0 Å². The normalized spacial score (nSPS) is 16.9. The second kappa shape index (κ2) is 6.89. The molecule has 1 aliphatic rings. The Morgan fingerprint density at radius 3 is 2.67 bits per heavy atom. The van der Waals surface area contributed by atoms with Crippen LogP contribution in [0.4, 0.5) is 0 Å². The Morgan fingerprint density at radius 1 is 1.43 bits per heavy atom.